The van der Waals surface area contributed by atoms with Crippen LogP contribution in [-0.4, -0.2) is 22.2 Å². The number of phenolic OH excluding ortho intramolecular Hbond substituents is 1. The average molecular weight is 285 g/mol. The number of rotatable bonds is 4. The molecule has 1 amide bonds. The highest BCUT2D eigenvalue weighted by Crippen LogP contribution is 2.16. The second-order valence-corrected chi connectivity index (χ2v) is 4.03. The third-order valence-corrected chi connectivity index (χ3v) is 2.65. The summed E-state index contributed by atoms with van der Waals surface area (Å²) < 4.78 is 0. The van der Waals surface area contributed by atoms with Crippen LogP contribution in [0, 0.1) is 10.1 Å². The molecule has 0 aliphatic rings. The minimum atomic E-state index is -0.608. The summed E-state index contributed by atoms with van der Waals surface area (Å²) >= 11 is 0. The number of nitro groups is 1. The molecule has 0 saturated carbocycles. The van der Waals surface area contributed by atoms with Gasteiger partial charge in [0.15, 0.2) is 0 Å². The number of carbonyl (C=O) groups is 1. The van der Waals surface area contributed by atoms with Crippen LogP contribution in [0.3, 0.4) is 0 Å². The van der Waals surface area contributed by atoms with Crippen LogP contribution in [0.1, 0.15) is 15.9 Å². The second-order valence-electron chi connectivity index (χ2n) is 4.03. The number of phenols is 1. The van der Waals surface area contributed by atoms with Crippen molar-refractivity contribution in [2.24, 2.45) is 5.10 Å². The molecule has 2 N–H and O–H groups in total. The number of hydrogen-bond acceptors (Lipinski definition) is 5. The number of amides is 1. The third-order valence-electron chi connectivity index (χ3n) is 2.65. The molecule has 2 aromatic rings. The molecule has 106 valence electrons. The molecule has 0 aliphatic carbocycles. The van der Waals surface area contributed by atoms with E-state index in [1.54, 1.807) is 18.2 Å². The zero-order valence-corrected chi connectivity index (χ0v) is 10.8. The summed E-state index contributed by atoms with van der Waals surface area (Å²) in [6.07, 6.45) is 1.18. The summed E-state index contributed by atoms with van der Waals surface area (Å²) in [7, 11) is 0. The van der Waals surface area contributed by atoms with Gasteiger partial charge in [-0.15, -0.1) is 0 Å². The van der Waals surface area contributed by atoms with Crippen molar-refractivity contribution in [1.29, 1.82) is 0 Å². The van der Waals surface area contributed by atoms with E-state index < -0.39 is 10.8 Å². The van der Waals surface area contributed by atoms with Crippen LogP contribution in [0.5, 0.6) is 5.75 Å². The lowest BCUT2D eigenvalue weighted by Gasteiger charge is -2.02. The highest BCUT2D eigenvalue weighted by molar-refractivity contribution is 5.97. The van der Waals surface area contributed by atoms with Crippen LogP contribution in [0.2, 0.25) is 0 Å². The largest absolute Gasteiger partial charge is 0.507 e. The van der Waals surface area contributed by atoms with Crippen LogP contribution in [-0.2, 0) is 0 Å². The van der Waals surface area contributed by atoms with E-state index >= 15 is 0 Å². The molecule has 2 aromatic carbocycles. The van der Waals surface area contributed by atoms with Crippen molar-refractivity contribution in [3.05, 3.63) is 69.8 Å². The minimum Gasteiger partial charge on any atom is -0.507 e. The Morgan fingerprint density at radius 2 is 1.86 bits per heavy atom. The van der Waals surface area contributed by atoms with Gasteiger partial charge in [-0.25, -0.2) is 5.43 Å². The van der Waals surface area contributed by atoms with Gasteiger partial charge in [-0.2, -0.15) is 5.10 Å². The fourth-order valence-corrected chi connectivity index (χ4v) is 1.65. The summed E-state index contributed by atoms with van der Waals surface area (Å²) in [4.78, 5) is 22.0. The maximum absolute atomic E-state index is 11.8. The highest BCUT2D eigenvalue weighted by Gasteiger charge is 2.11. The number of aromatic hydroxyl groups is 1. The van der Waals surface area contributed by atoms with Gasteiger partial charge in [-0.3, -0.25) is 14.9 Å². The van der Waals surface area contributed by atoms with Gasteiger partial charge in [0.25, 0.3) is 11.6 Å². The molecule has 0 spiro atoms. The van der Waals surface area contributed by atoms with Gasteiger partial charge in [-0.05, 0) is 18.2 Å². The number of nitrogens with zero attached hydrogens (tertiary/aromatic N) is 2. The van der Waals surface area contributed by atoms with Crippen molar-refractivity contribution in [2.45, 2.75) is 0 Å². The summed E-state index contributed by atoms with van der Waals surface area (Å²) in [5.41, 5.74) is 2.42. The van der Waals surface area contributed by atoms with Gasteiger partial charge in [0.1, 0.15) is 5.75 Å². The van der Waals surface area contributed by atoms with E-state index in [-0.39, 0.29) is 22.6 Å². The average Bonchev–Trinajstić information content (AvgIpc) is 2.48. The second kappa shape index (κ2) is 6.29. The molecular formula is C14H11N3O4. The topological polar surface area (TPSA) is 105 Å². The third kappa shape index (κ3) is 3.41. The predicted octanol–water partition coefficient (Wildman–Crippen LogP) is 2.06. The van der Waals surface area contributed by atoms with E-state index in [1.807, 2.05) is 0 Å². The van der Waals surface area contributed by atoms with Crippen molar-refractivity contribution in [1.82, 2.24) is 5.43 Å². The van der Waals surface area contributed by atoms with Crippen LogP contribution < -0.4 is 5.43 Å². The van der Waals surface area contributed by atoms with Crippen LogP contribution in [0.4, 0.5) is 5.69 Å². The fourth-order valence-electron chi connectivity index (χ4n) is 1.65. The lowest BCUT2D eigenvalue weighted by atomic mass is 10.2. The first kappa shape index (κ1) is 14.2. The van der Waals surface area contributed by atoms with Crippen LogP contribution in [0.15, 0.2) is 53.6 Å². The Morgan fingerprint density at radius 1 is 1.19 bits per heavy atom. The fraction of sp³-hybridized carbons (Fsp3) is 0. The number of carbonyl (C=O) groups excluding carboxylic acids is 1. The van der Waals surface area contributed by atoms with Gasteiger partial charge >= 0.3 is 0 Å². The Labute approximate surface area is 119 Å². The molecule has 7 nitrogen and oxygen atoms in total. The number of nitrogens with one attached hydrogen (secondary N) is 1. The number of hydrazone groups is 1. The predicted molar refractivity (Wildman–Crippen MR) is 76.3 cm³/mol. The van der Waals surface area contributed by atoms with Crippen LogP contribution >= 0.6 is 0 Å². The van der Waals surface area contributed by atoms with Gasteiger partial charge < -0.3 is 5.11 Å². The van der Waals surface area contributed by atoms with E-state index in [4.69, 9.17) is 0 Å². The Morgan fingerprint density at radius 3 is 2.57 bits per heavy atom. The smallest absolute Gasteiger partial charge is 0.278 e. The molecule has 0 fully saturated rings. The van der Waals surface area contributed by atoms with Gasteiger partial charge in [0.2, 0.25) is 0 Å². The lowest BCUT2D eigenvalue weighted by Crippen LogP contribution is -2.17. The molecule has 0 heterocycles. The summed E-state index contributed by atoms with van der Waals surface area (Å²) in [5, 5.41) is 24.0. The maximum Gasteiger partial charge on any atom is 0.278 e. The molecule has 0 bridgehead atoms. The summed E-state index contributed by atoms with van der Waals surface area (Å²) in [5.74, 6) is -0.779. The highest BCUT2D eigenvalue weighted by atomic mass is 16.6. The van der Waals surface area contributed by atoms with Crippen molar-refractivity contribution in [2.75, 3.05) is 0 Å². The zero-order valence-electron chi connectivity index (χ0n) is 10.8. The molecule has 0 atom stereocenters. The normalized spacial score (nSPS) is 10.5. The Bertz CT molecular complexity index is 713. The van der Waals surface area contributed by atoms with Gasteiger partial charge in [0, 0.05) is 6.07 Å². The first-order valence-corrected chi connectivity index (χ1v) is 5.94. The van der Waals surface area contributed by atoms with Gasteiger partial charge in [-0.1, -0.05) is 24.3 Å². The first-order valence-electron chi connectivity index (χ1n) is 5.94. The number of benzene rings is 2. The van der Waals surface area contributed by atoms with E-state index in [9.17, 15) is 20.0 Å². The molecule has 0 radical (unpaired) electrons. The minimum absolute atomic E-state index is 0.0669. The molecule has 0 aliphatic heterocycles. The quantitative estimate of drug-likeness (QED) is 0.509. The molecule has 0 saturated heterocycles. The SMILES string of the molecule is O=C(NN=Cc1ccccc1[N+](=O)[O-])c1ccccc1O. The molecule has 0 unspecified atom stereocenters. The Balaban J connectivity index is 2.12. The first-order chi connectivity index (χ1) is 10.1. The van der Waals surface area contributed by atoms with Crippen LogP contribution in [0.25, 0.3) is 0 Å². The van der Waals surface area contributed by atoms with Gasteiger partial charge in [0.05, 0.1) is 22.3 Å². The van der Waals surface area contributed by atoms with E-state index in [2.05, 4.69) is 10.5 Å². The molecule has 7 heteroatoms. The summed E-state index contributed by atoms with van der Waals surface area (Å²) in [6, 6.07) is 12.0. The van der Waals surface area contributed by atoms with E-state index in [0.717, 1.165) is 0 Å². The van der Waals surface area contributed by atoms with Crippen molar-refractivity contribution >= 4 is 17.8 Å². The molecule has 0 aromatic heterocycles. The molecule has 2 rings (SSSR count). The zero-order chi connectivity index (χ0) is 15.2. The standard InChI is InChI=1S/C14H11N3O4/c18-13-8-4-2-6-11(13)14(19)16-15-9-10-5-1-3-7-12(10)17(20)21/h1-9,18H,(H,16,19). The number of hydrogen-bond donors (Lipinski definition) is 2. The molecule has 21 heavy (non-hydrogen) atoms. The van der Waals surface area contributed by atoms with E-state index in [1.165, 1.54) is 36.5 Å². The monoisotopic (exact) mass is 285 g/mol. The Kier molecular flexibility index (Phi) is 4.25. The maximum atomic E-state index is 11.8. The van der Waals surface area contributed by atoms with Crippen molar-refractivity contribution in [3.8, 4) is 5.75 Å². The summed E-state index contributed by atoms with van der Waals surface area (Å²) in [6.45, 7) is 0. The number of nitro benzene ring substituents is 1. The lowest BCUT2D eigenvalue weighted by molar-refractivity contribution is -0.385. The Hall–Kier alpha value is -3.22. The number of para-hydroxylation sites is 2. The van der Waals surface area contributed by atoms with Crippen molar-refractivity contribution in [3.63, 3.8) is 0 Å². The molecular weight excluding hydrogens is 274 g/mol. The van der Waals surface area contributed by atoms with Crippen molar-refractivity contribution < 1.29 is 14.8 Å². The van der Waals surface area contributed by atoms with E-state index in [0.29, 0.717) is 0 Å².